The Morgan fingerprint density at radius 1 is 1.25 bits per heavy atom. The average Bonchev–Trinajstić information content (AvgIpc) is 3.15. The lowest BCUT2D eigenvalue weighted by molar-refractivity contribution is -0.119. The van der Waals surface area contributed by atoms with Gasteiger partial charge in [0, 0.05) is 24.2 Å². The minimum absolute atomic E-state index is 0.0682. The average molecular weight is 328 g/mol. The molecule has 24 heavy (non-hydrogen) atoms. The van der Waals surface area contributed by atoms with E-state index in [1.165, 1.54) is 6.26 Å². The second kappa shape index (κ2) is 7.31. The van der Waals surface area contributed by atoms with Gasteiger partial charge in [-0.05, 0) is 49.2 Å². The lowest BCUT2D eigenvalue weighted by Gasteiger charge is -2.26. The van der Waals surface area contributed by atoms with E-state index in [0.29, 0.717) is 17.7 Å². The number of hydrogen-bond acceptors (Lipinski definition) is 4. The maximum Gasteiger partial charge on any atom is 0.251 e. The van der Waals surface area contributed by atoms with Crippen LogP contribution in [-0.2, 0) is 4.79 Å². The van der Waals surface area contributed by atoms with E-state index < -0.39 is 6.10 Å². The molecule has 2 N–H and O–H groups in total. The third-order valence-electron chi connectivity index (χ3n) is 4.09. The summed E-state index contributed by atoms with van der Waals surface area (Å²) in [5.41, 5.74) is 1.29. The van der Waals surface area contributed by atoms with Crippen LogP contribution in [0.15, 0.2) is 47.1 Å². The van der Waals surface area contributed by atoms with Gasteiger partial charge in [0.1, 0.15) is 11.9 Å². The highest BCUT2D eigenvalue weighted by atomic mass is 16.4. The van der Waals surface area contributed by atoms with E-state index in [2.05, 4.69) is 5.32 Å². The smallest absolute Gasteiger partial charge is 0.251 e. The largest absolute Gasteiger partial charge is 0.467 e. The Kier molecular flexibility index (Phi) is 4.96. The van der Waals surface area contributed by atoms with Gasteiger partial charge in [-0.2, -0.15) is 0 Å². The summed E-state index contributed by atoms with van der Waals surface area (Å²) in [5, 5.41) is 12.6. The van der Waals surface area contributed by atoms with Crippen LogP contribution in [0.2, 0.25) is 0 Å². The van der Waals surface area contributed by atoms with Crippen LogP contribution in [-0.4, -0.2) is 30.0 Å². The topological polar surface area (TPSA) is 82.8 Å². The molecule has 2 aromatic rings. The van der Waals surface area contributed by atoms with Crippen molar-refractivity contribution in [2.45, 2.75) is 25.4 Å². The van der Waals surface area contributed by atoms with Crippen LogP contribution in [0, 0.1) is 0 Å². The summed E-state index contributed by atoms with van der Waals surface area (Å²) in [5.74, 6) is 0.256. The predicted molar refractivity (Wildman–Crippen MR) is 88.6 cm³/mol. The fourth-order valence-corrected chi connectivity index (χ4v) is 2.74. The van der Waals surface area contributed by atoms with Crippen LogP contribution in [0.25, 0.3) is 0 Å². The first-order valence-corrected chi connectivity index (χ1v) is 8.05. The number of furan rings is 1. The molecule has 1 aliphatic rings. The molecule has 0 aliphatic carbocycles. The molecule has 126 valence electrons. The van der Waals surface area contributed by atoms with Crippen molar-refractivity contribution in [3.63, 3.8) is 0 Å². The van der Waals surface area contributed by atoms with Gasteiger partial charge in [-0.15, -0.1) is 0 Å². The van der Waals surface area contributed by atoms with Crippen molar-refractivity contribution in [2.75, 3.05) is 18.0 Å². The Hall–Kier alpha value is -2.60. The predicted octanol–water partition coefficient (Wildman–Crippen LogP) is 2.26. The third kappa shape index (κ3) is 3.65. The van der Waals surface area contributed by atoms with Crippen LogP contribution in [0.4, 0.5) is 5.69 Å². The van der Waals surface area contributed by atoms with Gasteiger partial charge in [-0.1, -0.05) is 0 Å². The molecule has 0 radical (unpaired) electrons. The van der Waals surface area contributed by atoms with Crippen LogP contribution >= 0.6 is 0 Å². The Morgan fingerprint density at radius 2 is 2.04 bits per heavy atom. The van der Waals surface area contributed by atoms with E-state index in [0.717, 1.165) is 25.1 Å². The summed E-state index contributed by atoms with van der Waals surface area (Å²) in [4.78, 5) is 25.8. The van der Waals surface area contributed by atoms with Crippen molar-refractivity contribution >= 4 is 17.5 Å². The van der Waals surface area contributed by atoms with Gasteiger partial charge in [0.05, 0.1) is 12.8 Å². The molecule has 6 nitrogen and oxygen atoms in total. The Bertz CT molecular complexity index is 694. The van der Waals surface area contributed by atoms with Crippen molar-refractivity contribution in [3.05, 3.63) is 54.0 Å². The number of aliphatic hydroxyl groups is 1. The molecule has 6 heteroatoms. The molecular weight excluding hydrogens is 308 g/mol. The number of piperidine rings is 1. The zero-order valence-electron chi connectivity index (χ0n) is 13.3. The van der Waals surface area contributed by atoms with Crippen molar-refractivity contribution in [1.82, 2.24) is 5.32 Å². The second-order valence-electron chi connectivity index (χ2n) is 5.79. The van der Waals surface area contributed by atoms with Gasteiger partial charge in [0.15, 0.2) is 0 Å². The van der Waals surface area contributed by atoms with Crippen molar-refractivity contribution in [3.8, 4) is 0 Å². The molecule has 3 rings (SSSR count). The standard InChI is InChI=1S/C18H20N2O4/c21-15(16-4-3-11-24-16)12-19-18(23)13-6-8-14(9-7-13)20-10-2-1-5-17(20)22/h3-4,6-9,11,15,21H,1-2,5,10,12H2,(H,19,23). The van der Waals surface area contributed by atoms with Gasteiger partial charge >= 0.3 is 0 Å². The number of carbonyl (C=O) groups excluding carboxylic acids is 2. The summed E-state index contributed by atoms with van der Waals surface area (Å²) in [6.07, 6.45) is 3.11. The number of amides is 2. The monoisotopic (exact) mass is 328 g/mol. The molecule has 0 spiro atoms. The number of nitrogens with one attached hydrogen (secondary N) is 1. The SMILES string of the molecule is O=C(NCC(O)c1ccco1)c1ccc(N2CCCCC2=O)cc1. The number of benzene rings is 1. The Balaban J connectivity index is 1.58. The molecule has 1 saturated heterocycles. The molecule has 2 heterocycles. The van der Waals surface area contributed by atoms with Crippen molar-refractivity contribution in [1.29, 1.82) is 0 Å². The van der Waals surface area contributed by atoms with Gasteiger partial charge in [-0.25, -0.2) is 0 Å². The van der Waals surface area contributed by atoms with Gasteiger partial charge < -0.3 is 19.7 Å². The lowest BCUT2D eigenvalue weighted by Crippen LogP contribution is -2.35. The number of hydrogen-bond donors (Lipinski definition) is 2. The third-order valence-corrected chi connectivity index (χ3v) is 4.09. The molecule has 1 unspecified atom stereocenters. The number of nitrogens with zero attached hydrogens (tertiary/aromatic N) is 1. The zero-order valence-corrected chi connectivity index (χ0v) is 13.3. The first-order valence-electron chi connectivity index (χ1n) is 8.05. The van der Waals surface area contributed by atoms with E-state index in [-0.39, 0.29) is 18.4 Å². The normalized spacial score (nSPS) is 16.0. The fraction of sp³-hybridized carbons (Fsp3) is 0.333. The quantitative estimate of drug-likeness (QED) is 0.882. The van der Waals surface area contributed by atoms with Crippen LogP contribution in [0.3, 0.4) is 0 Å². The Labute approximate surface area is 140 Å². The van der Waals surface area contributed by atoms with Crippen LogP contribution < -0.4 is 10.2 Å². The molecule has 1 aliphatic heterocycles. The minimum Gasteiger partial charge on any atom is -0.467 e. The van der Waals surface area contributed by atoms with E-state index in [4.69, 9.17) is 4.42 Å². The number of carbonyl (C=O) groups is 2. The van der Waals surface area contributed by atoms with E-state index in [1.807, 2.05) is 0 Å². The van der Waals surface area contributed by atoms with E-state index in [9.17, 15) is 14.7 Å². The summed E-state index contributed by atoms with van der Waals surface area (Å²) in [6.45, 7) is 0.790. The van der Waals surface area contributed by atoms with E-state index >= 15 is 0 Å². The maximum absolute atomic E-state index is 12.1. The number of rotatable bonds is 5. The first kappa shape index (κ1) is 16.3. The molecule has 1 fully saturated rings. The minimum atomic E-state index is -0.880. The molecule has 0 bridgehead atoms. The van der Waals surface area contributed by atoms with Crippen molar-refractivity contribution in [2.24, 2.45) is 0 Å². The first-order chi connectivity index (χ1) is 11.6. The Morgan fingerprint density at radius 3 is 2.71 bits per heavy atom. The van der Waals surface area contributed by atoms with Gasteiger partial charge in [0.2, 0.25) is 5.91 Å². The summed E-state index contributed by atoms with van der Waals surface area (Å²) >= 11 is 0. The summed E-state index contributed by atoms with van der Waals surface area (Å²) in [7, 11) is 0. The second-order valence-corrected chi connectivity index (χ2v) is 5.79. The molecule has 1 aromatic carbocycles. The highest BCUT2D eigenvalue weighted by Crippen LogP contribution is 2.21. The van der Waals surface area contributed by atoms with Gasteiger partial charge in [0.25, 0.3) is 5.91 Å². The van der Waals surface area contributed by atoms with Gasteiger partial charge in [-0.3, -0.25) is 9.59 Å². The molecular formula is C18H20N2O4. The zero-order chi connectivity index (χ0) is 16.9. The highest BCUT2D eigenvalue weighted by molar-refractivity contribution is 5.96. The number of aliphatic hydroxyl groups excluding tert-OH is 1. The molecule has 2 amide bonds. The molecule has 1 aromatic heterocycles. The maximum atomic E-state index is 12.1. The van der Waals surface area contributed by atoms with Crippen LogP contribution in [0.5, 0.6) is 0 Å². The summed E-state index contributed by atoms with van der Waals surface area (Å²) in [6, 6.07) is 10.3. The number of anilines is 1. The van der Waals surface area contributed by atoms with Crippen LogP contribution in [0.1, 0.15) is 41.5 Å². The highest BCUT2D eigenvalue weighted by Gasteiger charge is 2.20. The van der Waals surface area contributed by atoms with Crippen molar-refractivity contribution < 1.29 is 19.1 Å². The molecule has 1 atom stereocenters. The lowest BCUT2D eigenvalue weighted by atomic mass is 10.1. The summed E-state index contributed by atoms with van der Waals surface area (Å²) < 4.78 is 5.09. The molecule has 0 saturated carbocycles. The van der Waals surface area contributed by atoms with E-state index in [1.54, 1.807) is 41.3 Å². The fourth-order valence-electron chi connectivity index (χ4n) is 2.74.